The van der Waals surface area contributed by atoms with Crippen molar-refractivity contribution >= 4 is 11.6 Å². The lowest BCUT2D eigenvalue weighted by atomic mass is 9.96. The monoisotopic (exact) mass is 180 g/mol. The molecule has 3 nitrogen and oxygen atoms in total. The van der Waals surface area contributed by atoms with Crippen molar-refractivity contribution < 1.29 is 4.79 Å². The summed E-state index contributed by atoms with van der Waals surface area (Å²) < 4.78 is 1.90. The molecule has 1 aromatic rings. The number of amides is 1. The minimum absolute atomic E-state index is 0.0405. The molecular weight excluding hydrogens is 164 g/mol. The normalized spacial score (nSPS) is 11.4. The van der Waals surface area contributed by atoms with E-state index in [-0.39, 0.29) is 11.3 Å². The molecule has 3 heteroatoms. The first kappa shape index (κ1) is 9.84. The van der Waals surface area contributed by atoms with Crippen molar-refractivity contribution in [1.82, 2.24) is 4.57 Å². The highest BCUT2D eigenvalue weighted by molar-refractivity contribution is 5.94. The van der Waals surface area contributed by atoms with Gasteiger partial charge in [-0.2, -0.15) is 0 Å². The number of nitrogens with one attached hydrogen (secondary N) is 1. The second-order valence-corrected chi connectivity index (χ2v) is 4.27. The quantitative estimate of drug-likeness (QED) is 0.704. The Morgan fingerprint density at radius 2 is 2.08 bits per heavy atom. The number of hydrogen-bond acceptors (Lipinski definition) is 1. The first-order chi connectivity index (χ1) is 5.89. The molecule has 1 rings (SSSR count). The van der Waals surface area contributed by atoms with Crippen LogP contribution in [0.2, 0.25) is 0 Å². The molecule has 0 unspecified atom stereocenters. The second-order valence-electron chi connectivity index (χ2n) is 4.27. The van der Waals surface area contributed by atoms with E-state index in [1.807, 2.05) is 50.8 Å². The Hall–Kier alpha value is -1.25. The summed E-state index contributed by atoms with van der Waals surface area (Å²) in [6, 6.07) is 1.88. The first-order valence-corrected chi connectivity index (χ1v) is 4.33. The Bertz CT molecular complexity index is 307. The van der Waals surface area contributed by atoms with Crippen molar-refractivity contribution in [3.05, 3.63) is 18.5 Å². The third kappa shape index (κ3) is 2.61. The smallest absolute Gasteiger partial charge is 0.229 e. The Morgan fingerprint density at radius 3 is 2.46 bits per heavy atom. The summed E-state index contributed by atoms with van der Waals surface area (Å²) in [5.74, 6) is 0.0405. The Morgan fingerprint density at radius 1 is 1.46 bits per heavy atom. The van der Waals surface area contributed by atoms with Crippen LogP contribution in [-0.2, 0) is 11.8 Å². The third-order valence-electron chi connectivity index (χ3n) is 1.77. The summed E-state index contributed by atoms with van der Waals surface area (Å²) in [6.07, 6.45) is 3.78. The highest BCUT2D eigenvalue weighted by Gasteiger charge is 2.21. The van der Waals surface area contributed by atoms with E-state index in [0.29, 0.717) is 0 Å². The predicted molar refractivity (Wildman–Crippen MR) is 53.5 cm³/mol. The van der Waals surface area contributed by atoms with Crippen LogP contribution in [0.25, 0.3) is 0 Å². The van der Waals surface area contributed by atoms with Gasteiger partial charge in [-0.3, -0.25) is 4.79 Å². The molecule has 72 valence electrons. The van der Waals surface area contributed by atoms with Gasteiger partial charge in [0.1, 0.15) is 0 Å². The van der Waals surface area contributed by atoms with E-state index in [1.165, 1.54) is 0 Å². The number of nitrogens with zero attached hydrogens (tertiary/aromatic N) is 1. The van der Waals surface area contributed by atoms with Crippen molar-refractivity contribution in [2.24, 2.45) is 12.5 Å². The summed E-state index contributed by atoms with van der Waals surface area (Å²) in [5, 5.41) is 2.84. The van der Waals surface area contributed by atoms with E-state index in [4.69, 9.17) is 0 Å². The van der Waals surface area contributed by atoms with E-state index >= 15 is 0 Å². The first-order valence-electron chi connectivity index (χ1n) is 4.33. The van der Waals surface area contributed by atoms with Gasteiger partial charge >= 0.3 is 0 Å². The largest absolute Gasteiger partial charge is 0.355 e. The van der Waals surface area contributed by atoms with Gasteiger partial charge < -0.3 is 9.88 Å². The van der Waals surface area contributed by atoms with Gasteiger partial charge in [-0.25, -0.2) is 0 Å². The molecule has 1 aromatic heterocycles. The summed E-state index contributed by atoms with van der Waals surface area (Å²) in [5.41, 5.74) is 0.512. The molecule has 1 N–H and O–H groups in total. The highest BCUT2D eigenvalue weighted by atomic mass is 16.2. The third-order valence-corrected chi connectivity index (χ3v) is 1.77. The average Bonchev–Trinajstić information content (AvgIpc) is 2.33. The fourth-order valence-corrected chi connectivity index (χ4v) is 0.896. The zero-order chi connectivity index (χ0) is 10.1. The van der Waals surface area contributed by atoms with Gasteiger partial charge in [-0.1, -0.05) is 20.8 Å². The lowest BCUT2D eigenvalue weighted by molar-refractivity contribution is -0.123. The Balaban J connectivity index is 2.65. The molecule has 0 aliphatic rings. The van der Waals surface area contributed by atoms with Crippen LogP contribution in [0, 0.1) is 5.41 Å². The van der Waals surface area contributed by atoms with Crippen molar-refractivity contribution in [3.63, 3.8) is 0 Å². The average molecular weight is 180 g/mol. The van der Waals surface area contributed by atoms with Crippen molar-refractivity contribution in [2.45, 2.75) is 20.8 Å². The summed E-state index contributed by atoms with van der Waals surface area (Å²) in [4.78, 5) is 11.5. The minimum atomic E-state index is -0.337. The van der Waals surface area contributed by atoms with Gasteiger partial charge in [0.05, 0.1) is 5.69 Å². The number of aryl methyl sites for hydroxylation is 1. The molecule has 13 heavy (non-hydrogen) atoms. The molecule has 0 aliphatic heterocycles. The van der Waals surface area contributed by atoms with Gasteiger partial charge in [0.25, 0.3) is 0 Å². The maximum absolute atomic E-state index is 11.5. The molecule has 0 atom stereocenters. The molecule has 0 radical (unpaired) electrons. The molecule has 0 spiro atoms. The molecule has 1 amide bonds. The van der Waals surface area contributed by atoms with Crippen LogP contribution in [-0.4, -0.2) is 10.5 Å². The van der Waals surface area contributed by atoms with Crippen molar-refractivity contribution in [3.8, 4) is 0 Å². The Kier molecular flexibility index (Phi) is 2.45. The topological polar surface area (TPSA) is 34.0 Å². The lowest BCUT2D eigenvalue weighted by Gasteiger charge is -2.16. The summed E-state index contributed by atoms with van der Waals surface area (Å²) in [7, 11) is 1.92. The minimum Gasteiger partial charge on any atom is -0.355 e. The summed E-state index contributed by atoms with van der Waals surface area (Å²) in [6.45, 7) is 5.68. The van der Waals surface area contributed by atoms with Crippen LogP contribution >= 0.6 is 0 Å². The Labute approximate surface area is 78.8 Å². The highest BCUT2D eigenvalue weighted by Crippen LogP contribution is 2.16. The van der Waals surface area contributed by atoms with E-state index in [9.17, 15) is 4.79 Å². The number of hydrogen-bond donors (Lipinski definition) is 1. The van der Waals surface area contributed by atoms with E-state index < -0.39 is 0 Å². The molecule has 0 saturated heterocycles. The van der Waals surface area contributed by atoms with Gasteiger partial charge in [0.2, 0.25) is 5.91 Å². The number of aromatic nitrogens is 1. The maximum Gasteiger partial charge on any atom is 0.229 e. The molecule has 0 aromatic carbocycles. The standard InChI is InChI=1S/C10H16N2O/c1-10(2,3)9(13)11-8-5-6-12(4)7-8/h5-7H,1-4H3,(H,11,13). The molecular formula is C10H16N2O. The number of anilines is 1. The molecule has 0 fully saturated rings. The fourth-order valence-electron chi connectivity index (χ4n) is 0.896. The van der Waals surface area contributed by atoms with Crippen molar-refractivity contribution in [1.29, 1.82) is 0 Å². The van der Waals surface area contributed by atoms with Gasteiger partial charge in [-0.15, -0.1) is 0 Å². The second kappa shape index (κ2) is 3.24. The molecule has 0 bridgehead atoms. The van der Waals surface area contributed by atoms with E-state index in [0.717, 1.165) is 5.69 Å². The maximum atomic E-state index is 11.5. The fraction of sp³-hybridized carbons (Fsp3) is 0.500. The van der Waals surface area contributed by atoms with E-state index in [1.54, 1.807) is 0 Å². The zero-order valence-electron chi connectivity index (χ0n) is 8.59. The molecule has 0 aliphatic carbocycles. The lowest BCUT2D eigenvalue weighted by Crippen LogP contribution is -2.27. The van der Waals surface area contributed by atoms with Crippen LogP contribution in [0.4, 0.5) is 5.69 Å². The SMILES string of the molecule is Cn1ccc(NC(=O)C(C)(C)C)c1. The van der Waals surface area contributed by atoms with Crippen molar-refractivity contribution in [2.75, 3.05) is 5.32 Å². The zero-order valence-corrected chi connectivity index (χ0v) is 8.59. The number of rotatable bonds is 1. The van der Waals surface area contributed by atoms with Gasteiger partial charge in [0.15, 0.2) is 0 Å². The van der Waals surface area contributed by atoms with Crippen LogP contribution in [0.3, 0.4) is 0 Å². The molecule has 1 heterocycles. The van der Waals surface area contributed by atoms with Crippen LogP contribution in [0.5, 0.6) is 0 Å². The molecule has 0 saturated carbocycles. The predicted octanol–water partition coefficient (Wildman–Crippen LogP) is 2.01. The van der Waals surface area contributed by atoms with Crippen LogP contribution < -0.4 is 5.32 Å². The van der Waals surface area contributed by atoms with Gasteiger partial charge in [0, 0.05) is 24.9 Å². The van der Waals surface area contributed by atoms with Crippen LogP contribution in [0.1, 0.15) is 20.8 Å². The van der Waals surface area contributed by atoms with E-state index in [2.05, 4.69) is 5.32 Å². The van der Waals surface area contributed by atoms with Gasteiger partial charge in [-0.05, 0) is 6.07 Å². The number of carbonyl (C=O) groups excluding carboxylic acids is 1. The summed E-state index contributed by atoms with van der Waals surface area (Å²) >= 11 is 0. The van der Waals surface area contributed by atoms with Crippen LogP contribution in [0.15, 0.2) is 18.5 Å². The number of carbonyl (C=O) groups is 1.